The lowest BCUT2D eigenvalue weighted by Gasteiger charge is -2.37. The lowest BCUT2D eigenvalue weighted by Crippen LogP contribution is -2.46. The van der Waals surface area contributed by atoms with E-state index in [1.807, 2.05) is 54.6 Å². The predicted octanol–water partition coefficient (Wildman–Crippen LogP) is 3.23. The number of nitrogens with one attached hydrogen (secondary N) is 1. The van der Waals surface area contributed by atoms with Gasteiger partial charge >= 0.3 is 11.8 Å². The van der Waals surface area contributed by atoms with Crippen LogP contribution in [0.1, 0.15) is 33.1 Å². The Kier molecular flexibility index (Phi) is 5.98. The molecule has 4 rings (SSSR count). The van der Waals surface area contributed by atoms with Crippen molar-refractivity contribution in [1.82, 2.24) is 4.90 Å². The van der Waals surface area contributed by atoms with Crippen molar-refractivity contribution in [3.63, 3.8) is 0 Å². The average Bonchev–Trinajstić information content (AvgIpc) is 2.80. The van der Waals surface area contributed by atoms with E-state index < -0.39 is 23.5 Å². The van der Waals surface area contributed by atoms with Gasteiger partial charge in [0.2, 0.25) is 0 Å². The van der Waals surface area contributed by atoms with E-state index in [4.69, 9.17) is 5.73 Å². The predicted molar refractivity (Wildman–Crippen MR) is 118 cm³/mol. The fourth-order valence-corrected chi connectivity index (χ4v) is 4.06. The number of anilines is 1. The molecule has 1 atom stereocenters. The number of nitrogens with two attached hydrogens (primary N) is 1. The first-order valence-corrected chi connectivity index (χ1v) is 10.3. The van der Waals surface area contributed by atoms with E-state index in [-0.39, 0.29) is 17.3 Å². The number of hydrogen-bond acceptors (Lipinski definition) is 3. The minimum Gasteiger partial charge on any atom is -0.366 e. The fourth-order valence-electron chi connectivity index (χ4n) is 4.06. The molecule has 0 bridgehead atoms. The van der Waals surface area contributed by atoms with Crippen LogP contribution < -0.4 is 11.1 Å². The van der Waals surface area contributed by atoms with E-state index in [9.17, 15) is 18.8 Å². The maximum atomic E-state index is 13.7. The van der Waals surface area contributed by atoms with Crippen molar-refractivity contribution in [2.24, 2.45) is 5.73 Å². The zero-order chi connectivity index (χ0) is 22.7. The quantitative estimate of drug-likeness (QED) is 0.621. The molecule has 0 spiro atoms. The fraction of sp³-hybridized carbons (Fsp3) is 0.160. The van der Waals surface area contributed by atoms with Crippen LogP contribution in [0.15, 0.2) is 72.8 Å². The van der Waals surface area contributed by atoms with Crippen molar-refractivity contribution in [2.45, 2.75) is 18.9 Å². The number of hydrogen-bond donors (Lipinski definition) is 2. The van der Waals surface area contributed by atoms with Gasteiger partial charge < -0.3 is 16.0 Å². The molecule has 1 aliphatic heterocycles. The third-order valence-electron chi connectivity index (χ3n) is 5.63. The highest BCUT2D eigenvalue weighted by Gasteiger charge is 2.34. The molecule has 6 nitrogen and oxygen atoms in total. The maximum Gasteiger partial charge on any atom is 0.313 e. The molecule has 3 N–H and O–H groups in total. The number of amides is 3. The minimum absolute atomic E-state index is 0.121. The molecular formula is C25H22FN3O3. The molecule has 1 heterocycles. The number of nitrogens with zero attached hydrogens (tertiary/aromatic N) is 1. The first-order valence-electron chi connectivity index (χ1n) is 10.3. The summed E-state index contributed by atoms with van der Waals surface area (Å²) >= 11 is 0. The van der Waals surface area contributed by atoms with E-state index in [1.165, 1.54) is 6.07 Å². The molecule has 162 valence electrons. The lowest BCUT2D eigenvalue weighted by atomic mass is 9.88. The summed E-state index contributed by atoms with van der Waals surface area (Å²) in [5.74, 6) is -3.30. The molecule has 3 aromatic carbocycles. The van der Waals surface area contributed by atoms with E-state index in [1.54, 1.807) is 4.90 Å². The second-order valence-corrected chi connectivity index (χ2v) is 7.67. The van der Waals surface area contributed by atoms with Gasteiger partial charge in [-0.15, -0.1) is 0 Å². The Morgan fingerprint density at radius 1 is 1.00 bits per heavy atom. The molecule has 1 aliphatic rings. The standard InChI is InChI=1S/C25H22FN3O3/c26-21-11-10-18(15-20(21)23(27)30)28-24(31)25(32)29-13-12-17-8-4-5-9-19(17)22(29)14-16-6-2-1-3-7-16/h1-11,15,22H,12-14H2,(H2,27,30)(H,28,31). The Morgan fingerprint density at radius 2 is 1.72 bits per heavy atom. The Labute approximate surface area is 184 Å². The molecule has 3 aromatic rings. The monoisotopic (exact) mass is 431 g/mol. The third-order valence-corrected chi connectivity index (χ3v) is 5.63. The van der Waals surface area contributed by atoms with E-state index in [0.29, 0.717) is 19.4 Å². The average molecular weight is 431 g/mol. The lowest BCUT2D eigenvalue weighted by molar-refractivity contribution is -0.145. The summed E-state index contributed by atoms with van der Waals surface area (Å²) in [6.07, 6.45) is 1.21. The molecule has 0 fully saturated rings. The highest BCUT2D eigenvalue weighted by atomic mass is 19.1. The number of primary amides is 1. The zero-order valence-corrected chi connectivity index (χ0v) is 17.3. The summed E-state index contributed by atoms with van der Waals surface area (Å²) in [6.45, 7) is 0.400. The van der Waals surface area contributed by atoms with E-state index in [0.717, 1.165) is 28.8 Å². The van der Waals surface area contributed by atoms with Gasteiger partial charge in [-0.2, -0.15) is 0 Å². The zero-order valence-electron chi connectivity index (χ0n) is 17.3. The van der Waals surface area contributed by atoms with Crippen LogP contribution in [0, 0.1) is 5.82 Å². The van der Waals surface area contributed by atoms with Crippen molar-refractivity contribution < 1.29 is 18.8 Å². The first kappa shape index (κ1) is 21.2. The number of carbonyl (C=O) groups excluding carboxylic acids is 3. The number of carbonyl (C=O) groups is 3. The van der Waals surface area contributed by atoms with Gasteiger partial charge in [-0.3, -0.25) is 14.4 Å². The molecular weight excluding hydrogens is 409 g/mol. The van der Waals surface area contributed by atoms with Gasteiger partial charge in [0.1, 0.15) is 5.82 Å². The third kappa shape index (κ3) is 4.37. The van der Waals surface area contributed by atoms with Crippen molar-refractivity contribution in [2.75, 3.05) is 11.9 Å². The molecule has 7 heteroatoms. The number of rotatable bonds is 4. The SMILES string of the molecule is NC(=O)c1cc(NC(=O)C(=O)N2CCc3ccccc3C2Cc2ccccc2)ccc1F. The van der Waals surface area contributed by atoms with Gasteiger partial charge in [0.25, 0.3) is 5.91 Å². The Morgan fingerprint density at radius 3 is 2.47 bits per heavy atom. The minimum atomic E-state index is -0.958. The molecule has 3 amide bonds. The molecule has 0 aliphatic carbocycles. The van der Waals surface area contributed by atoms with Crippen LogP contribution in [0.25, 0.3) is 0 Å². The highest BCUT2D eigenvalue weighted by Crippen LogP contribution is 2.32. The highest BCUT2D eigenvalue weighted by molar-refractivity contribution is 6.39. The largest absolute Gasteiger partial charge is 0.366 e. The van der Waals surface area contributed by atoms with E-state index in [2.05, 4.69) is 5.32 Å². The molecule has 0 saturated heterocycles. The number of fused-ring (bicyclic) bond motifs is 1. The Balaban J connectivity index is 1.59. The van der Waals surface area contributed by atoms with Gasteiger partial charge in [-0.25, -0.2) is 4.39 Å². The summed E-state index contributed by atoms with van der Waals surface area (Å²) < 4.78 is 13.7. The van der Waals surface area contributed by atoms with Crippen molar-refractivity contribution in [3.05, 3.63) is 101 Å². The Bertz CT molecular complexity index is 1180. The summed E-state index contributed by atoms with van der Waals surface area (Å²) in [4.78, 5) is 38.9. The summed E-state index contributed by atoms with van der Waals surface area (Å²) in [6, 6.07) is 20.8. The van der Waals surface area contributed by atoms with Crippen LogP contribution in [0.3, 0.4) is 0 Å². The van der Waals surface area contributed by atoms with Crippen molar-refractivity contribution in [3.8, 4) is 0 Å². The van der Waals surface area contributed by atoms with Gasteiger partial charge in [0.05, 0.1) is 11.6 Å². The smallest absolute Gasteiger partial charge is 0.313 e. The summed E-state index contributed by atoms with van der Waals surface area (Å²) in [7, 11) is 0. The summed E-state index contributed by atoms with van der Waals surface area (Å²) in [5, 5.41) is 2.47. The van der Waals surface area contributed by atoms with Crippen LogP contribution in [-0.2, 0) is 22.4 Å². The maximum absolute atomic E-state index is 13.7. The van der Waals surface area contributed by atoms with Crippen LogP contribution in [-0.4, -0.2) is 29.2 Å². The second-order valence-electron chi connectivity index (χ2n) is 7.67. The van der Waals surface area contributed by atoms with Gasteiger partial charge in [0, 0.05) is 12.2 Å². The Hall–Kier alpha value is -4.00. The van der Waals surface area contributed by atoms with Crippen molar-refractivity contribution >= 4 is 23.4 Å². The van der Waals surface area contributed by atoms with Crippen LogP contribution >= 0.6 is 0 Å². The van der Waals surface area contributed by atoms with Crippen LogP contribution in [0.2, 0.25) is 0 Å². The van der Waals surface area contributed by atoms with E-state index >= 15 is 0 Å². The second kappa shape index (κ2) is 9.01. The topological polar surface area (TPSA) is 92.5 Å². The number of benzene rings is 3. The van der Waals surface area contributed by atoms with Crippen LogP contribution in [0.4, 0.5) is 10.1 Å². The van der Waals surface area contributed by atoms with Gasteiger partial charge in [0.15, 0.2) is 0 Å². The molecule has 0 radical (unpaired) electrons. The number of halogens is 1. The van der Waals surface area contributed by atoms with Crippen molar-refractivity contribution in [1.29, 1.82) is 0 Å². The van der Waals surface area contributed by atoms with Gasteiger partial charge in [-0.05, 0) is 47.7 Å². The molecule has 32 heavy (non-hydrogen) atoms. The molecule has 0 aromatic heterocycles. The normalized spacial score (nSPS) is 15.0. The molecule has 1 unspecified atom stereocenters. The van der Waals surface area contributed by atoms with Gasteiger partial charge in [-0.1, -0.05) is 54.6 Å². The molecule has 0 saturated carbocycles. The first-order chi connectivity index (χ1) is 15.4. The van der Waals surface area contributed by atoms with Crippen LogP contribution in [0.5, 0.6) is 0 Å². The summed E-state index contributed by atoms with van der Waals surface area (Å²) in [5.41, 5.74) is 8.15.